The molecule has 80 valence electrons. The molecular weight excluding hydrogens is 184 g/mol. The number of aliphatic carboxylic acids is 1. The number of carboxylic acid groups (broad SMARTS) is 1. The van der Waals surface area contributed by atoms with Gasteiger partial charge in [0.1, 0.15) is 6.04 Å². The van der Waals surface area contributed by atoms with Crippen molar-refractivity contribution in [3.05, 3.63) is 0 Å². The summed E-state index contributed by atoms with van der Waals surface area (Å²) >= 11 is 0. The van der Waals surface area contributed by atoms with Gasteiger partial charge in [-0.25, -0.2) is 0 Å². The molecule has 0 aromatic rings. The number of carbonyl (C=O) groups is 2. The molecule has 0 radical (unpaired) electrons. The molecule has 0 heterocycles. The zero-order valence-corrected chi connectivity index (χ0v) is 8.41. The molecular formula is C9H16N2O3. The molecule has 0 spiro atoms. The lowest BCUT2D eigenvalue weighted by molar-refractivity contribution is -0.142. The smallest absolute Gasteiger partial charge is 0.325 e. The van der Waals surface area contributed by atoms with Crippen molar-refractivity contribution in [3.63, 3.8) is 0 Å². The highest BCUT2D eigenvalue weighted by Gasteiger charge is 2.44. The minimum Gasteiger partial charge on any atom is -0.480 e. The number of carboxylic acids is 1. The maximum Gasteiger partial charge on any atom is 0.325 e. The third-order valence-electron chi connectivity index (χ3n) is 2.63. The van der Waals surface area contributed by atoms with E-state index in [0.717, 1.165) is 12.8 Å². The Balaban J connectivity index is 2.52. The molecule has 1 fully saturated rings. The first-order valence-electron chi connectivity index (χ1n) is 4.68. The van der Waals surface area contributed by atoms with E-state index in [1.165, 1.54) is 6.92 Å². The Labute approximate surface area is 82.7 Å². The molecule has 0 saturated heterocycles. The van der Waals surface area contributed by atoms with E-state index in [-0.39, 0.29) is 11.8 Å². The number of nitrogens with one attached hydrogen (secondary N) is 1. The Hall–Kier alpha value is -1.10. The molecule has 4 N–H and O–H groups in total. The highest BCUT2D eigenvalue weighted by atomic mass is 16.4. The molecule has 1 saturated carbocycles. The van der Waals surface area contributed by atoms with Crippen molar-refractivity contribution in [1.29, 1.82) is 0 Å². The van der Waals surface area contributed by atoms with E-state index >= 15 is 0 Å². The number of hydrogen-bond acceptors (Lipinski definition) is 3. The van der Waals surface area contributed by atoms with Gasteiger partial charge in [-0.05, 0) is 32.6 Å². The van der Waals surface area contributed by atoms with Crippen LogP contribution in [0.1, 0.15) is 26.7 Å². The number of rotatable bonds is 4. The van der Waals surface area contributed by atoms with Crippen molar-refractivity contribution in [1.82, 2.24) is 5.32 Å². The predicted molar refractivity (Wildman–Crippen MR) is 50.6 cm³/mol. The fourth-order valence-corrected chi connectivity index (χ4v) is 1.28. The summed E-state index contributed by atoms with van der Waals surface area (Å²) in [5.41, 5.74) is 4.88. The van der Waals surface area contributed by atoms with E-state index < -0.39 is 17.6 Å². The van der Waals surface area contributed by atoms with E-state index in [2.05, 4.69) is 5.32 Å². The minimum absolute atomic E-state index is 0.198. The molecule has 0 bridgehead atoms. The van der Waals surface area contributed by atoms with E-state index in [4.69, 9.17) is 10.8 Å². The highest BCUT2D eigenvalue weighted by Crippen LogP contribution is 2.38. The van der Waals surface area contributed by atoms with Crippen LogP contribution >= 0.6 is 0 Å². The largest absolute Gasteiger partial charge is 0.480 e. The average molecular weight is 200 g/mol. The zero-order valence-electron chi connectivity index (χ0n) is 8.41. The van der Waals surface area contributed by atoms with Crippen LogP contribution in [-0.2, 0) is 9.59 Å². The lowest BCUT2D eigenvalue weighted by Gasteiger charge is -2.24. The molecule has 0 aromatic carbocycles. The average Bonchev–Trinajstić information content (AvgIpc) is 2.85. The zero-order chi connectivity index (χ0) is 10.9. The summed E-state index contributed by atoms with van der Waals surface area (Å²) in [6.07, 6.45) is 1.89. The van der Waals surface area contributed by atoms with Crippen molar-refractivity contribution >= 4 is 11.9 Å². The van der Waals surface area contributed by atoms with Gasteiger partial charge in [0, 0.05) is 0 Å². The fourth-order valence-electron chi connectivity index (χ4n) is 1.28. The molecule has 0 aliphatic heterocycles. The summed E-state index contributed by atoms with van der Waals surface area (Å²) in [7, 11) is 0. The number of amides is 1. The van der Waals surface area contributed by atoms with Crippen LogP contribution in [0.15, 0.2) is 0 Å². The second-order valence-corrected chi connectivity index (χ2v) is 4.09. The summed E-state index contributed by atoms with van der Waals surface area (Å²) in [5.74, 6) is -1.23. The van der Waals surface area contributed by atoms with Gasteiger partial charge in [-0.2, -0.15) is 0 Å². The number of carbonyl (C=O) groups excluding carboxylic acids is 1. The number of hydrogen-bond donors (Lipinski definition) is 3. The lowest BCUT2D eigenvalue weighted by atomic mass is 9.96. The second-order valence-electron chi connectivity index (χ2n) is 4.09. The Kier molecular flexibility index (Phi) is 2.80. The van der Waals surface area contributed by atoms with Gasteiger partial charge in [0.05, 0.1) is 5.54 Å². The summed E-state index contributed by atoms with van der Waals surface area (Å²) in [6.45, 7) is 3.07. The van der Waals surface area contributed by atoms with Crippen molar-refractivity contribution in [2.24, 2.45) is 11.7 Å². The first kappa shape index (κ1) is 11.0. The van der Waals surface area contributed by atoms with Crippen molar-refractivity contribution in [3.8, 4) is 0 Å². The van der Waals surface area contributed by atoms with Gasteiger partial charge in [0.25, 0.3) is 0 Å². The molecule has 14 heavy (non-hydrogen) atoms. The topological polar surface area (TPSA) is 92.4 Å². The van der Waals surface area contributed by atoms with Crippen molar-refractivity contribution in [2.45, 2.75) is 38.3 Å². The van der Waals surface area contributed by atoms with Gasteiger partial charge in [-0.15, -0.1) is 0 Å². The molecule has 5 heteroatoms. The quantitative estimate of drug-likeness (QED) is 0.581. The molecule has 1 rings (SSSR count). The molecule has 1 unspecified atom stereocenters. The highest BCUT2D eigenvalue weighted by molar-refractivity contribution is 5.90. The Morgan fingerprint density at radius 2 is 2.07 bits per heavy atom. The first-order chi connectivity index (χ1) is 6.35. The minimum atomic E-state index is -1.05. The summed E-state index contributed by atoms with van der Waals surface area (Å²) in [4.78, 5) is 22.1. The molecule has 1 aliphatic rings. The van der Waals surface area contributed by atoms with Gasteiger partial charge in [-0.1, -0.05) is 0 Å². The van der Waals surface area contributed by atoms with Crippen LogP contribution in [0.25, 0.3) is 0 Å². The third kappa shape index (κ3) is 2.23. The van der Waals surface area contributed by atoms with Crippen molar-refractivity contribution in [2.75, 3.05) is 0 Å². The van der Waals surface area contributed by atoms with Gasteiger partial charge < -0.3 is 16.2 Å². The lowest BCUT2D eigenvalue weighted by Crippen LogP contribution is -2.56. The standard InChI is InChI=1S/C9H16N2O3/c1-5(7(12)13)11-8(14)9(2,10)6-3-4-6/h5-6H,3-4,10H2,1-2H3,(H,11,14)(H,12,13)/t5-,9?/m0/s1. The van der Waals surface area contributed by atoms with Gasteiger partial charge in [0.2, 0.25) is 5.91 Å². The Bertz CT molecular complexity index is 259. The van der Waals surface area contributed by atoms with Gasteiger partial charge in [-0.3, -0.25) is 9.59 Å². The Morgan fingerprint density at radius 1 is 1.57 bits per heavy atom. The predicted octanol–water partition coefficient (Wildman–Crippen LogP) is -0.297. The van der Waals surface area contributed by atoms with Crippen LogP contribution in [0.5, 0.6) is 0 Å². The molecule has 1 aliphatic carbocycles. The van der Waals surface area contributed by atoms with Crippen LogP contribution in [0.4, 0.5) is 0 Å². The SMILES string of the molecule is C[C@H](NC(=O)C(C)(N)C1CC1)C(=O)O. The first-order valence-corrected chi connectivity index (χ1v) is 4.68. The monoisotopic (exact) mass is 200 g/mol. The van der Waals surface area contributed by atoms with Gasteiger partial charge >= 0.3 is 5.97 Å². The summed E-state index contributed by atoms with van der Waals surface area (Å²) in [6, 6.07) is -0.885. The second kappa shape index (κ2) is 3.57. The third-order valence-corrected chi connectivity index (χ3v) is 2.63. The van der Waals surface area contributed by atoms with Crippen LogP contribution in [0.2, 0.25) is 0 Å². The van der Waals surface area contributed by atoms with Gasteiger partial charge in [0.15, 0.2) is 0 Å². The van der Waals surface area contributed by atoms with Crippen LogP contribution in [-0.4, -0.2) is 28.6 Å². The van der Waals surface area contributed by atoms with E-state index in [0.29, 0.717) is 0 Å². The maximum atomic E-state index is 11.6. The van der Waals surface area contributed by atoms with E-state index in [1.807, 2.05) is 0 Å². The van der Waals surface area contributed by atoms with Crippen LogP contribution < -0.4 is 11.1 Å². The molecule has 2 atom stereocenters. The molecule has 0 aromatic heterocycles. The van der Waals surface area contributed by atoms with E-state index in [1.54, 1.807) is 6.92 Å². The van der Waals surface area contributed by atoms with E-state index in [9.17, 15) is 9.59 Å². The molecule has 5 nitrogen and oxygen atoms in total. The summed E-state index contributed by atoms with van der Waals surface area (Å²) < 4.78 is 0. The maximum absolute atomic E-state index is 11.6. The van der Waals surface area contributed by atoms with Crippen LogP contribution in [0.3, 0.4) is 0 Å². The van der Waals surface area contributed by atoms with Crippen LogP contribution in [0, 0.1) is 5.92 Å². The number of nitrogens with two attached hydrogens (primary N) is 1. The normalized spacial score (nSPS) is 22.2. The Morgan fingerprint density at radius 3 is 2.43 bits per heavy atom. The molecule has 1 amide bonds. The fraction of sp³-hybridized carbons (Fsp3) is 0.778. The summed E-state index contributed by atoms with van der Waals surface area (Å²) in [5, 5.41) is 11.0. The van der Waals surface area contributed by atoms with Crippen molar-refractivity contribution < 1.29 is 14.7 Å².